The molecule has 1 heterocycles. The van der Waals surface area contributed by atoms with E-state index in [-0.39, 0.29) is 18.1 Å². The number of rotatable bonds is 2. The third-order valence-electron chi connectivity index (χ3n) is 3.31. The van der Waals surface area contributed by atoms with Gasteiger partial charge in [0.2, 0.25) is 0 Å². The van der Waals surface area contributed by atoms with E-state index in [0.717, 1.165) is 16.6 Å². The molecule has 0 bridgehead atoms. The molecule has 1 aromatic carbocycles. The van der Waals surface area contributed by atoms with Crippen LogP contribution in [0.4, 0.5) is 0 Å². The number of ether oxygens (including phenoxy) is 1. The van der Waals surface area contributed by atoms with Crippen LogP contribution in [0.2, 0.25) is 5.02 Å². The minimum Gasteiger partial charge on any atom is -0.376 e. The van der Waals surface area contributed by atoms with E-state index in [2.05, 4.69) is 22.6 Å². The topological polar surface area (TPSA) is 29.5 Å². The first-order valence-corrected chi connectivity index (χ1v) is 7.30. The Kier molecular flexibility index (Phi) is 4.50. The van der Waals surface area contributed by atoms with Crippen LogP contribution in [0.3, 0.4) is 0 Å². The SMILES string of the molecule is CC1OCCC1N(C)C(=O)c1cc(Cl)ccc1I. The van der Waals surface area contributed by atoms with Crippen molar-refractivity contribution in [3.63, 3.8) is 0 Å². The minimum absolute atomic E-state index is 0.00394. The number of hydrogen-bond acceptors (Lipinski definition) is 2. The van der Waals surface area contributed by atoms with Crippen LogP contribution in [0.5, 0.6) is 0 Å². The van der Waals surface area contributed by atoms with E-state index in [0.29, 0.717) is 10.6 Å². The molecule has 2 atom stereocenters. The average molecular weight is 380 g/mol. The Morgan fingerprint density at radius 1 is 1.56 bits per heavy atom. The Morgan fingerprint density at radius 3 is 2.89 bits per heavy atom. The summed E-state index contributed by atoms with van der Waals surface area (Å²) >= 11 is 8.11. The summed E-state index contributed by atoms with van der Waals surface area (Å²) in [5, 5.41) is 0.586. The number of likely N-dealkylation sites (N-methyl/N-ethyl adjacent to an activating group) is 1. The summed E-state index contributed by atoms with van der Waals surface area (Å²) in [5.41, 5.74) is 0.657. The largest absolute Gasteiger partial charge is 0.376 e. The predicted octanol–water partition coefficient (Wildman–Crippen LogP) is 3.19. The summed E-state index contributed by atoms with van der Waals surface area (Å²) in [6.45, 7) is 2.72. The lowest BCUT2D eigenvalue weighted by Crippen LogP contribution is -2.41. The molecule has 5 heteroatoms. The van der Waals surface area contributed by atoms with E-state index in [1.54, 1.807) is 17.0 Å². The standard InChI is InChI=1S/C13H15ClINO2/c1-8-12(5-6-18-8)16(2)13(17)10-7-9(14)3-4-11(10)15/h3-4,7-8,12H,5-6H2,1-2H3. The van der Waals surface area contributed by atoms with Gasteiger partial charge in [-0.2, -0.15) is 0 Å². The third-order valence-corrected chi connectivity index (χ3v) is 4.49. The lowest BCUT2D eigenvalue weighted by Gasteiger charge is -2.27. The van der Waals surface area contributed by atoms with Gasteiger partial charge in [-0.25, -0.2) is 0 Å². The van der Waals surface area contributed by atoms with E-state index < -0.39 is 0 Å². The van der Waals surface area contributed by atoms with Crippen molar-refractivity contribution >= 4 is 40.1 Å². The molecule has 1 aliphatic heterocycles. The summed E-state index contributed by atoms with van der Waals surface area (Å²) in [6, 6.07) is 5.52. The molecule has 0 aromatic heterocycles. The van der Waals surface area contributed by atoms with Gasteiger partial charge in [-0.15, -0.1) is 0 Å². The van der Waals surface area contributed by atoms with Gasteiger partial charge in [-0.05, 0) is 54.1 Å². The fraction of sp³-hybridized carbons (Fsp3) is 0.462. The van der Waals surface area contributed by atoms with Crippen molar-refractivity contribution in [3.8, 4) is 0 Å². The fourth-order valence-corrected chi connectivity index (χ4v) is 2.97. The van der Waals surface area contributed by atoms with Crippen molar-refractivity contribution < 1.29 is 9.53 Å². The number of carbonyl (C=O) groups excluding carboxylic acids is 1. The number of carbonyl (C=O) groups is 1. The molecule has 0 radical (unpaired) electrons. The number of nitrogens with zero attached hydrogens (tertiary/aromatic N) is 1. The molecule has 1 amide bonds. The summed E-state index contributed by atoms with van der Waals surface area (Å²) in [6.07, 6.45) is 0.983. The molecule has 1 saturated heterocycles. The van der Waals surface area contributed by atoms with E-state index in [1.807, 2.05) is 20.0 Å². The van der Waals surface area contributed by atoms with Gasteiger partial charge in [0.25, 0.3) is 5.91 Å². The van der Waals surface area contributed by atoms with Crippen LogP contribution in [0.15, 0.2) is 18.2 Å². The summed E-state index contributed by atoms with van der Waals surface area (Å²) in [7, 11) is 1.83. The quantitative estimate of drug-likeness (QED) is 0.739. The van der Waals surface area contributed by atoms with Gasteiger partial charge in [-0.1, -0.05) is 11.6 Å². The molecule has 1 aliphatic rings. The van der Waals surface area contributed by atoms with Gasteiger partial charge < -0.3 is 9.64 Å². The molecule has 1 aromatic rings. The highest BCUT2D eigenvalue weighted by Crippen LogP contribution is 2.23. The van der Waals surface area contributed by atoms with Crippen molar-refractivity contribution in [2.75, 3.05) is 13.7 Å². The zero-order valence-electron chi connectivity index (χ0n) is 10.3. The summed E-state index contributed by atoms with van der Waals surface area (Å²) in [4.78, 5) is 14.2. The molecule has 2 rings (SSSR count). The number of hydrogen-bond donors (Lipinski definition) is 0. The maximum Gasteiger partial charge on any atom is 0.255 e. The van der Waals surface area contributed by atoms with Crippen LogP contribution in [0, 0.1) is 3.57 Å². The molecule has 18 heavy (non-hydrogen) atoms. The van der Waals surface area contributed by atoms with Gasteiger partial charge in [0.1, 0.15) is 0 Å². The Bertz CT molecular complexity index is 466. The second-order valence-electron chi connectivity index (χ2n) is 4.47. The lowest BCUT2D eigenvalue weighted by atomic mass is 10.1. The second-order valence-corrected chi connectivity index (χ2v) is 6.07. The minimum atomic E-state index is 0.00394. The van der Waals surface area contributed by atoms with Crippen LogP contribution in [-0.4, -0.2) is 36.6 Å². The first kappa shape index (κ1) is 14.1. The van der Waals surface area contributed by atoms with Gasteiger partial charge in [0.15, 0.2) is 0 Å². The molecular formula is C13H15ClINO2. The van der Waals surface area contributed by atoms with Gasteiger partial charge in [-0.3, -0.25) is 4.79 Å². The molecule has 0 N–H and O–H groups in total. The highest BCUT2D eigenvalue weighted by atomic mass is 127. The molecule has 0 aliphatic carbocycles. The predicted molar refractivity (Wildman–Crippen MR) is 80.1 cm³/mol. The Morgan fingerprint density at radius 2 is 2.28 bits per heavy atom. The van der Waals surface area contributed by atoms with Gasteiger partial charge in [0, 0.05) is 22.2 Å². The van der Waals surface area contributed by atoms with E-state index in [1.165, 1.54) is 0 Å². The van der Waals surface area contributed by atoms with Crippen molar-refractivity contribution in [3.05, 3.63) is 32.4 Å². The number of halogens is 2. The Hall–Kier alpha value is -0.330. The molecular weight excluding hydrogens is 365 g/mol. The van der Waals surface area contributed by atoms with Gasteiger partial charge >= 0.3 is 0 Å². The van der Waals surface area contributed by atoms with Crippen molar-refractivity contribution in [2.24, 2.45) is 0 Å². The lowest BCUT2D eigenvalue weighted by molar-refractivity contribution is 0.0574. The van der Waals surface area contributed by atoms with E-state index in [4.69, 9.17) is 16.3 Å². The van der Waals surface area contributed by atoms with Crippen LogP contribution >= 0.6 is 34.2 Å². The average Bonchev–Trinajstić information content (AvgIpc) is 2.77. The summed E-state index contributed by atoms with van der Waals surface area (Å²) < 4.78 is 6.42. The van der Waals surface area contributed by atoms with E-state index >= 15 is 0 Å². The Labute approximate surface area is 126 Å². The maximum absolute atomic E-state index is 12.5. The van der Waals surface area contributed by atoms with Crippen LogP contribution in [-0.2, 0) is 4.74 Å². The molecule has 0 saturated carbocycles. The Balaban J connectivity index is 2.22. The monoisotopic (exact) mass is 379 g/mol. The van der Waals surface area contributed by atoms with Crippen molar-refractivity contribution in [1.82, 2.24) is 4.90 Å². The summed E-state index contributed by atoms with van der Waals surface area (Å²) in [5.74, 6) is 0.00394. The first-order valence-electron chi connectivity index (χ1n) is 5.84. The maximum atomic E-state index is 12.5. The zero-order chi connectivity index (χ0) is 13.3. The molecule has 2 unspecified atom stereocenters. The number of benzene rings is 1. The third kappa shape index (κ3) is 2.81. The van der Waals surface area contributed by atoms with Crippen molar-refractivity contribution in [1.29, 1.82) is 0 Å². The zero-order valence-corrected chi connectivity index (χ0v) is 13.2. The highest BCUT2D eigenvalue weighted by Gasteiger charge is 2.31. The van der Waals surface area contributed by atoms with Gasteiger partial charge in [0.05, 0.1) is 17.7 Å². The van der Waals surface area contributed by atoms with Crippen LogP contribution in [0.1, 0.15) is 23.7 Å². The normalized spacial score (nSPS) is 23.1. The molecule has 98 valence electrons. The second kappa shape index (κ2) is 5.75. The van der Waals surface area contributed by atoms with Crippen molar-refractivity contribution in [2.45, 2.75) is 25.5 Å². The molecule has 0 spiro atoms. The first-order chi connectivity index (χ1) is 8.50. The van der Waals surface area contributed by atoms with Crippen LogP contribution < -0.4 is 0 Å². The van der Waals surface area contributed by atoms with E-state index in [9.17, 15) is 4.79 Å². The van der Waals surface area contributed by atoms with Crippen LogP contribution in [0.25, 0.3) is 0 Å². The molecule has 1 fully saturated rings. The molecule has 3 nitrogen and oxygen atoms in total. The smallest absolute Gasteiger partial charge is 0.255 e. The highest BCUT2D eigenvalue weighted by molar-refractivity contribution is 14.1. The fourth-order valence-electron chi connectivity index (χ4n) is 2.23. The number of amides is 1.